The number of benzene rings is 1. The van der Waals surface area contributed by atoms with E-state index in [-0.39, 0.29) is 10.4 Å². The second-order valence-electron chi connectivity index (χ2n) is 4.71. The summed E-state index contributed by atoms with van der Waals surface area (Å²) in [6.07, 6.45) is 0. The zero-order chi connectivity index (χ0) is 14.6. The Morgan fingerprint density at radius 2 is 2.19 bits per heavy atom. The van der Waals surface area contributed by atoms with Crippen LogP contribution in [0.15, 0.2) is 44.8 Å². The van der Waals surface area contributed by atoms with Gasteiger partial charge in [0.05, 0.1) is 6.54 Å². The van der Waals surface area contributed by atoms with Gasteiger partial charge in [0.2, 0.25) is 4.38 Å². The fraction of sp³-hybridized carbons (Fsp3) is 0.167. The molecular weight excluding hydrogens is 312 g/mol. The van der Waals surface area contributed by atoms with Gasteiger partial charge in [-0.1, -0.05) is 18.2 Å². The first-order valence-electron chi connectivity index (χ1n) is 6.14. The average Bonchev–Trinajstić information content (AvgIpc) is 3.09. The molecule has 9 heteroatoms. The number of nitrogens with two attached hydrogens (primary N) is 1. The number of aliphatic imine (C=N–C) groups is 1. The van der Waals surface area contributed by atoms with Crippen LogP contribution in [0.3, 0.4) is 0 Å². The maximum absolute atomic E-state index is 11.3. The minimum absolute atomic E-state index is 0.121. The van der Waals surface area contributed by atoms with Gasteiger partial charge in [0, 0.05) is 5.39 Å². The molecule has 0 bridgehead atoms. The molecule has 1 aromatic heterocycles. The van der Waals surface area contributed by atoms with E-state index in [0.29, 0.717) is 11.7 Å². The number of hydrogen-bond acceptors (Lipinski definition) is 7. The summed E-state index contributed by atoms with van der Waals surface area (Å²) < 4.78 is 28.2. The van der Waals surface area contributed by atoms with Gasteiger partial charge in [-0.05, 0) is 23.9 Å². The molecule has 1 aromatic carbocycles. The van der Waals surface area contributed by atoms with E-state index in [1.54, 1.807) is 5.01 Å². The molecular formula is C12H10N4O3S2. The Hall–Kier alpha value is -1.84. The molecule has 2 N–H and O–H groups in total. The van der Waals surface area contributed by atoms with Crippen molar-refractivity contribution in [1.82, 2.24) is 5.01 Å². The van der Waals surface area contributed by atoms with Crippen LogP contribution in [0, 0.1) is 0 Å². The van der Waals surface area contributed by atoms with E-state index in [9.17, 15) is 8.42 Å². The van der Waals surface area contributed by atoms with Crippen molar-refractivity contribution in [3.63, 3.8) is 0 Å². The van der Waals surface area contributed by atoms with Crippen LogP contribution >= 0.6 is 11.8 Å². The van der Waals surface area contributed by atoms with E-state index in [1.165, 1.54) is 0 Å². The minimum Gasteiger partial charge on any atom is -0.459 e. The number of hydrogen-bond donors (Lipinski definition) is 1. The Bertz CT molecular complexity index is 867. The molecule has 2 aromatic rings. The van der Waals surface area contributed by atoms with Crippen molar-refractivity contribution in [2.45, 2.75) is 6.04 Å². The van der Waals surface area contributed by atoms with E-state index in [0.717, 1.165) is 28.5 Å². The Kier molecular flexibility index (Phi) is 2.65. The number of thioether (sulfide) groups is 1. The van der Waals surface area contributed by atoms with Gasteiger partial charge in [-0.2, -0.15) is 0 Å². The number of amidine groups is 1. The monoisotopic (exact) mass is 322 g/mol. The molecule has 2 aliphatic rings. The average molecular weight is 322 g/mol. The molecule has 2 aliphatic heterocycles. The fourth-order valence-corrected chi connectivity index (χ4v) is 3.87. The largest absolute Gasteiger partial charge is 0.459 e. The van der Waals surface area contributed by atoms with Gasteiger partial charge in [-0.3, -0.25) is 0 Å². The van der Waals surface area contributed by atoms with Crippen LogP contribution < -0.4 is 5.14 Å². The lowest BCUT2D eigenvalue weighted by atomic mass is 10.2. The lowest BCUT2D eigenvalue weighted by molar-refractivity contribution is 0.421. The third kappa shape index (κ3) is 2.13. The highest BCUT2D eigenvalue weighted by Gasteiger charge is 2.37. The second kappa shape index (κ2) is 4.33. The van der Waals surface area contributed by atoms with Crippen molar-refractivity contribution in [3.8, 4) is 0 Å². The Morgan fingerprint density at radius 1 is 1.38 bits per heavy atom. The van der Waals surface area contributed by atoms with Crippen LogP contribution in [-0.4, -0.2) is 29.5 Å². The number of hydrazone groups is 1. The number of para-hydroxylation sites is 1. The second-order valence-corrected chi connectivity index (χ2v) is 7.40. The standard InChI is InChI=1S/C12H10N4O3S2/c13-21(17,18)12-15-16-6-8(14-11(16)20-12)10-5-7-3-1-2-4-9(7)19-10/h1-5,8H,6H2,(H2,13,17,18). The SMILES string of the molecule is NS(=O)(=O)C1=NN2CC(c3cc4ccccc4o3)N=C2S1. The molecule has 7 nitrogen and oxygen atoms in total. The molecule has 1 unspecified atom stereocenters. The number of fused-ring (bicyclic) bond motifs is 2. The summed E-state index contributed by atoms with van der Waals surface area (Å²) in [4.78, 5) is 4.46. The van der Waals surface area contributed by atoms with Crippen molar-refractivity contribution in [3.05, 3.63) is 36.1 Å². The number of rotatable bonds is 1. The first-order valence-corrected chi connectivity index (χ1v) is 8.50. The highest BCUT2D eigenvalue weighted by atomic mass is 32.3. The van der Waals surface area contributed by atoms with E-state index < -0.39 is 10.0 Å². The first kappa shape index (κ1) is 12.9. The Balaban J connectivity index is 1.63. The highest BCUT2D eigenvalue weighted by molar-refractivity contribution is 8.42. The van der Waals surface area contributed by atoms with Gasteiger partial charge in [0.25, 0.3) is 10.0 Å². The summed E-state index contributed by atoms with van der Waals surface area (Å²) >= 11 is 0.965. The van der Waals surface area contributed by atoms with Gasteiger partial charge in [0.15, 0.2) is 5.17 Å². The number of primary sulfonamides is 1. The van der Waals surface area contributed by atoms with E-state index in [2.05, 4.69) is 10.1 Å². The van der Waals surface area contributed by atoms with Crippen LogP contribution in [0.1, 0.15) is 11.8 Å². The Labute approximate surface area is 124 Å². The van der Waals surface area contributed by atoms with Crippen molar-refractivity contribution in [2.75, 3.05) is 6.54 Å². The number of sulfonamides is 1. The van der Waals surface area contributed by atoms with Crippen molar-refractivity contribution in [2.24, 2.45) is 15.2 Å². The zero-order valence-corrected chi connectivity index (χ0v) is 12.3. The first-order chi connectivity index (χ1) is 10.0. The van der Waals surface area contributed by atoms with Crippen molar-refractivity contribution >= 4 is 42.3 Å². The third-order valence-electron chi connectivity index (χ3n) is 3.23. The molecule has 0 aliphatic carbocycles. The zero-order valence-electron chi connectivity index (χ0n) is 10.6. The number of furan rings is 1. The molecule has 0 radical (unpaired) electrons. The smallest absolute Gasteiger partial charge is 0.264 e. The maximum Gasteiger partial charge on any atom is 0.264 e. The summed E-state index contributed by atoms with van der Waals surface area (Å²) in [5.41, 5.74) is 0.807. The highest BCUT2D eigenvalue weighted by Crippen LogP contribution is 2.36. The number of nitrogens with zero attached hydrogens (tertiary/aromatic N) is 3. The van der Waals surface area contributed by atoms with Crippen LogP contribution in [0.4, 0.5) is 0 Å². The van der Waals surface area contributed by atoms with Crippen LogP contribution in [0.5, 0.6) is 0 Å². The molecule has 0 fully saturated rings. The van der Waals surface area contributed by atoms with Gasteiger partial charge in [-0.15, -0.1) is 5.10 Å². The van der Waals surface area contributed by atoms with Crippen molar-refractivity contribution in [1.29, 1.82) is 0 Å². The molecule has 0 saturated carbocycles. The van der Waals surface area contributed by atoms with Gasteiger partial charge in [-0.25, -0.2) is 23.6 Å². The van der Waals surface area contributed by atoms with Crippen LogP contribution in [0.2, 0.25) is 0 Å². The van der Waals surface area contributed by atoms with Gasteiger partial charge < -0.3 is 4.42 Å². The molecule has 0 spiro atoms. The molecule has 0 saturated heterocycles. The summed E-state index contributed by atoms with van der Waals surface area (Å²) in [5.74, 6) is 0.742. The van der Waals surface area contributed by atoms with Gasteiger partial charge >= 0.3 is 0 Å². The maximum atomic E-state index is 11.3. The molecule has 3 heterocycles. The quantitative estimate of drug-likeness (QED) is 0.856. The summed E-state index contributed by atoms with van der Waals surface area (Å²) in [5, 5.41) is 12.1. The topological polar surface area (TPSA) is 101 Å². The van der Waals surface area contributed by atoms with Crippen LogP contribution in [0.25, 0.3) is 11.0 Å². The summed E-state index contributed by atoms with van der Waals surface area (Å²) in [6.45, 7) is 0.446. The molecule has 108 valence electrons. The van der Waals surface area contributed by atoms with Gasteiger partial charge in [0.1, 0.15) is 17.4 Å². The van der Waals surface area contributed by atoms with E-state index in [4.69, 9.17) is 9.56 Å². The molecule has 21 heavy (non-hydrogen) atoms. The molecule has 0 amide bonds. The summed E-state index contributed by atoms with van der Waals surface area (Å²) in [6, 6.07) is 9.48. The van der Waals surface area contributed by atoms with Crippen molar-refractivity contribution < 1.29 is 12.8 Å². The Morgan fingerprint density at radius 3 is 2.90 bits per heavy atom. The fourth-order valence-electron chi connectivity index (χ4n) is 2.28. The molecule has 1 atom stereocenters. The van der Waals surface area contributed by atoms with E-state index >= 15 is 0 Å². The lowest BCUT2D eigenvalue weighted by Crippen LogP contribution is -2.20. The summed E-state index contributed by atoms with van der Waals surface area (Å²) in [7, 11) is -3.78. The lowest BCUT2D eigenvalue weighted by Gasteiger charge is -2.06. The normalized spacial score (nSPS) is 21.6. The molecule has 4 rings (SSSR count). The minimum atomic E-state index is -3.78. The van der Waals surface area contributed by atoms with E-state index in [1.807, 2.05) is 30.3 Å². The predicted molar refractivity (Wildman–Crippen MR) is 81.2 cm³/mol. The third-order valence-corrected chi connectivity index (χ3v) is 5.50. The predicted octanol–water partition coefficient (Wildman–Crippen LogP) is 1.45. The van der Waals surface area contributed by atoms with Crippen LogP contribution in [-0.2, 0) is 10.0 Å².